The smallest absolute Gasteiger partial charge is 0.224 e. The summed E-state index contributed by atoms with van der Waals surface area (Å²) in [5, 5.41) is 0. The number of likely N-dealkylation sites (N-methyl/N-ethyl adjacent to an activating group) is 1. The number of unbranched alkanes of at least 4 members (excludes halogenated alkanes) is 1. The molecule has 0 unspecified atom stereocenters. The number of hydrogen-bond donors (Lipinski definition) is 0. The van der Waals surface area contributed by atoms with Crippen molar-refractivity contribution in [3.8, 4) is 0 Å². The fourth-order valence-corrected chi connectivity index (χ4v) is 2.31. The van der Waals surface area contributed by atoms with E-state index in [1.54, 1.807) is 4.90 Å². The molecule has 1 saturated heterocycles. The highest BCUT2D eigenvalue weighted by Crippen LogP contribution is 2.09. The van der Waals surface area contributed by atoms with E-state index in [9.17, 15) is 4.79 Å². The number of carbonyl (C=O) groups is 1. The quantitative estimate of drug-likeness (QED) is 0.723. The van der Waals surface area contributed by atoms with Gasteiger partial charge in [-0.2, -0.15) is 0 Å². The first kappa shape index (κ1) is 15.4. The van der Waals surface area contributed by atoms with Crippen molar-refractivity contribution >= 4 is 5.91 Å². The van der Waals surface area contributed by atoms with Crippen LogP contribution in [0.2, 0.25) is 0 Å². The lowest BCUT2D eigenvalue weighted by molar-refractivity contribution is -0.136. The van der Waals surface area contributed by atoms with E-state index in [1.165, 1.54) is 12.8 Å². The van der Waals surface area contributed by atoms with Crippen LogP contribution in [0, 0.1) is 5.92 Å². The molecule has 4 nitrogen and oxygen atoms in total. The summed E-state index contributed by atoms with van der Waals surface area (Å²) in [4.78, 5) is 16.1. The Balaban J connectivity index is 2.35. The minimum atomic E-state index is 0.0646. The molecule has 4 heteroatoms. The van der Waals surface area contributed by atoms with Crippen molar-refractivity contribution in [1.82, 2.24) is 9.80 Å². The molecule has 0 N–H and O–H groups in total. The van der Waals surface area contributed by atoms with Gasteiger partial charge in [0.15, 0.2) is 0 Å². The summed E-state index contributed by atoms with van der Waals surface area (Å²) in [6.45, 7) is 10.7. The van der Waals surface area contributed by atoms with E-state index in [2.05, 4.69) is 11.8 Å². The third-order valence-corrected chi connectivity index (χ3v) is 3.40. The average molecular weight is 256 g/mol. The maximum Gasteiger partial charge on any atom is 0.224 e. The number of carbonyl (C=O) groups excluding carboxylic acids is 1. The normalized spacial score (nSPS) is 21.3. The molecular formula is C14H28N2O2. The molecule has 0 saturated carbocycles. The van der Waals surface area contributed by atoms with Crippen molar-refractivity contribution < 1.29 is 9.53 Å². The Kier molecular flexibility index (Phi) is 6.65. The molecule has 0 bridgehead atoms. The first-order valence-corrected chi connectivity index (χ1v) is 7.13. The number of morpholine rings is 1. The van der Waals surface area contributed by atoms with E-state index < -0.39 is 0 Å². The van der Waals surface area contributed by atoms with E-state index in [0.29, 0.717) is 6.54 Å². The Morgan fingerprint density at radius 2 is 2.22 bits per heavy atom. The maximum atomic E-state index is 11.8. The minimum Gasteiger partial charge on any atom is -0.374 e. The molecular weight excluding hydrogens is 228 g/mol. The van der Waals surface area contributed by atoms with Crippen LogP contribution in [-0.4, -0.2) is 61.6 Å². The van der Waals surface area contributed by atoms with Gasteiger partial charge in [-0.05, 0) is 13.0 Å². The molecule has 0 spiro atoms. The fraction of sp³-hybridized carbons (Fsp3) is 0.929. The molecule has 1 aliphatic rings. The number of rotatable bonds is 6. The zero-order valence-corrected chi connectivity index (χ0v) is 12.3. The summed E-state index contributed by atoms with van der Waals surface area (Å²) in [5.41, 5.74) is 0. The number of ether oxygens (including phenoxy) is 1. The van der Waals surface area contributed by atoms with Gasteiger partial charge in [-0.15, -0.1) is 0 Å². The molecule has 0 aromatic carbocycles. The Morgan fingerprint density at radius 3 is 2.83 bits per heavy atom. The van der Waals surface area contributed by atoms with Crippen LogP contribution in [0.3, 0.4) is 0 Å². The van der Waals surface area contributed by atoms with Crippen LogP contribution in [-0.2, 0) is 9.53 Å². The van der Waals surface area contributed by atoms with Gasteiger partial charge >= 0.3 is 0 Å². The molecule has 0 aromatic rings. The van der Waals surface area contributed by atoms with Crippen LogP contribution < -0.4 is 0 Å². The largest absolute Gasteiger partial charge is 0.374 e. The predicted octanol–water partition coefficient (Wildman–Crippen LogP) is 1.60. The van der Waals surface area contributed by atoms with Gasteiger partial charge in [-0.3, -0.25) is 9.69 Å². The van der Waals surface area contributed by atoms with E-state index in [0.717, 1.165) is 26.2 Å². The average Bonchev–Trinajstić information content (AvgIpc) is 2.35. The van der Waals surface area contributed by atoms with Gasteiger partial charge in [0.25, 0.3) is 0 Å². The second kappa shape index (κ2) is 7.74. The van der Waals surface area contributed by atoms with Crippen LogP contribution in [0.25, 0.3) is 0 Å². The standard InChI is InChI=1S/C14H28N2O2/c1-5-6-7-16-8-9-18-13(11-16)10-15(4)14(17)12(2)3/h12-13H,5-11H2,1-4H3/t13-/m0/s1. The van der Waals surface area contributed by atoms with E-state index in [1.807, 2.05) is 20.9 Å². The summed E-state index contributed by atoms with van der Waals surface area (Å²) >= 11 is 0. The van der Waals surface area contributed by atoms with E-state index in [4.69, 9.17) is 4.74 Å². The van der Waals surface area contributed by atoms with Gasteiger partial charge < -0.3 is 9.64 Å². The molecule has 1 atom stereocenters. The van der Waals surface area contributed by atoms with Crippen molar-refractivity contribution in [2.75, 3.05) is 39.8 Å². The van der Waals surface area contributed by atoms with Crippen molar-refractivity contribution in [2.45, 2.75) is 39.7 Å². The monoisotopic (exact) mass is 256 g/mol. The molecule has 0 radical (unpaired) electrons. The SMILES string of the molecule is CCCCN1CCO[C@@H](CN(C)C(=O)C(C)C)C1. The first-order valence-electron chi connectivity index (χ1n) is 7.13. The Hall–Kier alpha value is -0.610. The maximum absolute atomic E-state index is 11.8. The fourth-order valence-electron chi connectivity index (χ4n) is 2.31. The summed E-state index contributed by atoms with van der Waals surface area (Å²) < 4.78 is 5.75. The molecule has 18 heavy (non-hydrogen) atoms. The number of hydrogen-bond acceptors (Lipinski definition) is 3. The summed E-state index contributed by atoms with van der Waals surface area (Å²) in [6.07, 6.45) is 2.64. The summed E-state index contributed by atoms with van der Waals surface area (Å²) in [5.74, 6) is 0.263. The minimum absolute atomic E-state index is 0.0646. The van der Waals surface area contributed by atoms with Crippen molar-refractivity contribution in [3.05, 3.63) is 0 Å². The van der Waals surface area contributed by atoms with Gasteiger partial charge in [-0.25, -0.2) is 0 Å². The predicted molar refractivity (Wildman–Crippen MR) is 73.6 cm³/mol. The zero-order chi connectivity index (χ0) is 13.5. The summed E-state index contributed by atoms with van der Waals surface area (Å²) in [6, 6.07) is 0. The Morgan fingerprint density at radius 1 is 1.50 bits per heavy atom. The van der Waals surface area contributed by atoms with Crippen molar-refractivity contribution in [3.63, 3.8) is 0 Å². The van der Waals surface area contributed by atoms with Gasteiger partial charge in [0, 0.05) is 32.6 Å². The van der Waals surface area contributed by atoms with Crippen LogP contribution in [0.5, 0.6) is 0 Å². The highest BCUT2D eigenvalue weighted by molar-refractivity contribution is 5.77. The van der Waals surface area contributed by atoms with Crippen molar-refractivity contribution in [1.29, 1.82) is 0 Å². The molecule has 1 amide bonds. The molecule has 1 heterocycles. The van der Waals surface area contributed by atoms with Crippen LogP contribution in [0.4, 0.5) is 0 Å². The highest BCUT2D eigenvalue weighted by atomic mass is 16.5. The second-order valence-corrected chi connectivity index (χ2v) is 5.52. The number of amides is 1. The van der Waals surface area contributed by atoms with Gasteiger partial charge in [-0.1, -0.05) is 27.2 Å². The van der Waals surface area contributed by atoms with Gasteiger partial charge in [0.05, 0.1) is 12.7 Å². The van der Waals surface area contributed by atoms with E-state index in [-0.39, 0.29) is 17.9 Å². The topological polar surface area (TPSA) is 32.8 Å². The van der Waals surface area contributed by atoms with Gasteiger partial charge in [0.1, 0.15) is 0 Å². The van der Waals surface area contributed by atoms with Crippen molar-refractivity contribution in [2.24, 2.45) is 5.92 Å². The lowest BCUT2D eigenvalue weighted by Gasteiger charge is -2.35. The Labute approximate surface area is 111 Å². The lowest BCUT2D eigenvalue weighted by Crippen LogP contribution is -2.48. The van der Waals surface area contributed by atoms with Crippen LogP contribution >= 0.6 is 0 Å². The van der Waals surface area contributed by atoms with Crippen LogP contribution in [0.1, 0.15) is 33.6 Å². The molecule has 0 aromatic heterocycles. The second-order valence-electron chi connectivity index (χ2n) is 5.52. The highest BCUT2D eigenvalue weighted by Gasteiger charge is 2.23. The third-order valence-electron chi connectivity index (χ3n) is 3.40. The third kappa shape index (κ3) is 4.94. The molecule has 106 valence electrons. The molecule has 0 aliphatic carbocycles. The van der Waals surface area contributed by atoms with Crippen LogP contribution in [0.15, 0.2) is 0 Å². The molecule has 1 fully saturated rings. The zero-order valence-electron chi connectivity index (χ0n) is 12.3. The molecule has 1 aliphatic heterocycles. The van der Waals surface area contributed by atoms with Gasteiger partial charge in [0.2, 0.25) is 5.91 Å². The lowest BCUT2D eigenvalue weighted by atomic mass is 10.1. The van der Waals surface area contributed by atoms with E-state index >= 15 is 0 Å². The first-order chi connectivity index (χ1) is 8.54. The number of nitrogens with zero attached hydrogens (tertiary/aromatic N) is 2. The molecule has 1 rings (SSSR count). The summed E-state index contributed by atoms with van der Waals surface area (Å²) in [7, 11) is 1.87. The Bertz CT molecular complexity index is 256.